The van der Waals surface area contributed by atoms with Crippen molar-refractivity contribution in [3.05, 3.63) is 29.3 Å². The Kier molecular flexibility index (Phi) is 4.84. The Morgan fingerprint density at radius 3 is 2.55 bits per heavy atom. The minimum Gasteiger partial charge on any atom is -0.453 e. The Morgan fingerprint density at radius 2 is 1.95 bits per heavy atom. The Hall–Kier alpha value is -1.75. The SMILES string of the molecule is COC(=O)N1CCC(C(=O)Nc2ccccc2Cl)CC1. The van der Waals surface area contributed by atoms with E-state index in [1.807, 2.05) is 12.1 Å². The minimum atomic E-state index is -0.338. The molecule has 0 radical (unpaired) electrons. The van der Waals surface area contributed by atoms with Gasteiger partial charge in [0, 0.05) is 19.0 Å². The van der Waals surface area contributed by atoms with Gasteiger partial charge >= 0.3 is 6.09 Å². The van der Waals surface area contributed by atoms with E-state index in [-0.39, 0.29) is 17.9 Å². The molecule has 1 saturated heterocycles. The summed E-state index contributed by atoms with van der Waals surface area (Å²) in [5, 5.41) is 3.35. The van der Waals surface area contributed by atoms with Gasteiger partial charge in [-0.25, -0.2) is 4.79 Å². The van der Waals surface area contributed by atoms with E-state index in [0.29, 0.717) is 36.6 Å². The molecule has 1 aromatic carbocycles. The van der Waals surface area contributed by atoms with Gasteiger partial charge in [-0.1, -0.05) is 23.7 Å². The predicted molar refractivity (Wildman–Crippen MR) is 76.8 cm³/mol. The second-order valence-electron chi connectivity index (χ2n) is 4.70. The van der Waals surface area contributed by atoms with Gasteiger partial charge in [0.1, 0.15) is 0 Å². The van der Waals surface area contributed by atoms with Gasteiger partial charge in [0.2, 0.25) is 5.91 Å². The number of carbonyl (C=O) groups is 2. The number of amides is 2. The summed E-state index contributed by atoms with van der Waals surface area (Å²) >= 11 is 6.01. The maximum absolute atomic E-state index is 12.2. The molecule has 1 fully saturated rings. The number of piperidine rings is 1. The number of ether oxygens (including phenoxy) is 1. The molecule has 1 aliphatic heterocycles. The van der Waals surface area contributed by atoms with E-state index >= 15 is 0 Å². The first-order valence-corrected chi connectivity index (χ1v) is 6.88. The van der Waals surface area contributed by atoms with E-state index in [1.54, 1.807) is 17.0 Å². The monoisotopic (exact) mass is 296 g/mol. The van der Waals surface area contributed by atoms with E-state index in [0.717, 1.165) is 0 Å². The fraction of sp³-hybridized carbons (Fsp3) is 0.429. The fourth-order valence-corrected chi connectivity index (χ4v) is 2.43. The molecule has 6 heteroatoms. The highest BCUT2D eigenvalue weighted by atomic mass is 35.5. The molecular weight excluding hydrogens is 280 g/mol. The lowest BCUT2D eigenvalue weighted by Crippen LogP contribution is -2.41. The van der Waals surface area contributed by atoms with Gasteiger partial charge in [0.15, 0.2) is 0 Å². The number of carbonyl (C=O) groups excluding carboxylic acids is 2. The van der Waals surface area contributed by atoms with Crippen molar-refractivity contribution in [3.8, 4) is 0 Å². The van der Waals surface area contributed by atoms with Crippen LogP contribution in [0.5, 0.6) is 0 Å². The quantitative estimate of drug-likeness (QED) is 0.913. The molecule has 1 aromatic rings. The molecule has 0 saturated carbocycles. The van der Waals surface area contributed by atoms with Gasteiger partial charge in [-0.15, -0.1) is 0 Å². The zero-order valence-electron chi connectivity index (χ0n) is 11.3. The van der Waals surface area contributed by atoms with Crippen molar-refractivity contribution in [3.63, 3.8) is 0 Å². The largest absolute Gasteiger partial charge is 0.453 e. The molecule has 0 spiro atoms. The molecule has 108 valence electrons. The van der Waals surface area contributed by atoms with E-state index in [9.17, 15) is 9.59 Å². The van der Waals surface area contributed by atoms with Gasteiger partial charge in [0.05, 0.1) is 17.8 Å². The summed E-state index contributed by atoms with van der Waals surface area (Å²) in [5.74, 6) is -0.158. The first-order chi connectivity index (χ1) is 9.61. The van der Waals surface area contributed by atoms with Crippen LogP contribution in [0.15, 0.2) is 24.3 Å². The molecule has 0 atom stereocenters. The minimum absolute atomic E-state index is 0.0531. The van der Waals surface area contributed by atoms with E-state index in [4.69, 9.17) is 11.6 Å². The summed E-state index contributed by atoms with van der Waals surface area (Å²) < 4.78 is 4.67. The molecule has 0 bridgehead atoms. The highest BCUT2D eigenvalue weighted by Crippen LogP contribution is 2.24. The van der Waals surface area contributed by atoms with Crippen molar-refractivity contribution in [1.82, 2.24) is 4.90 Å². The van der Waals surface area contributed by atoms with E-state index < -0.39 is 0 Å². The molecule has 0 aromatic heterocycles. The average molecular weight is 297 g/mol. The van der Waals surface area contributed by atoms with E-state index in [1.165, 1.54) is 7.11 Å². The van der Waals surface area contributed by atoms with Crippen molar-refractivity contribution in [2.24, 2.45) is 5.92 Å². The number of halogens is 1. The standard InChI is InChI=1S/C14H17ClN2O3/c1-20-14(19)17-8-6-10(7-9-17)13(18)16-12-5-3-2-4-11(12)15/h2-5,10H,6-9H2,1H3,(H,16,18). The number of nitrogens with one attached hydrogen (secondary N) is 1. The summed E-state index contributed by atoms with van der Waals surface area (Å²) in [6, 6.07) is 7.13. The van der Waals surface area contributed by atoms with Gasteiger partial charge in [0.25, 0.3) is 0 Å². The molecule has 5 nitrogen and oxygen atoms in total. The van der Waals surface area contributed by atoms with Crippen LogP contribution in [0.3, 0.4) is 0 Å². The zero-order chi connectivity index (χ0) is 14.5. The molecular formula is C14H17ClN2O3. The molecule has 20 heavy (non-hydrogen) atoms. The number of hydrogen-bond acceptors (Lipinski definition) is 3. The Balaban J connectivity index is 1.89. The summed E-state index contributed by atoms with van der Waals surface area (Å²) in [5.41, 5.74) is 0.620. The zero-order valence-corrected chi connectivity index (χ0v) is 12.0. The lowest BCUT2D eigenvalue weighted by atomic mass is 9.96. The second-order valence-corrected chi connectivity index (χ2v) is 5.11. The number of hydrogen-bond donors (Lipinski definition) is 1. The maximum Gasteiger partial charge on any atom is 0.409 e. The van der Waals surface area contributed by atoms with Crippen LogP contribution < -0.4 is 5.32 Å². The molecule has 2 rings (SSSR count). The summed E-state index contributed by atoms with van der Waals surface area (Å²) in [6.45, 7) is 1.07. The van der Waals surface area contributed by atoms with Gasteiger partial charge in [-0.2, -0.15) is 0 Å². The Bertz CT molecular complexity index is 499. The average Bonchev–Trinajstić information content (AvgIpc) is 2.49. The van der Waals surface area contributed by atoms with Crippen LogP contribution in [0.2, 0.25) is 5.02 Å². The van der Waals surface area contributed by atoms with Crippen molar-refractivity contribution in [2.45, 2.75) is 12.8 Å². The lowest BCUT2D eigenvalue weighted by Gasteiger charge is -2.30. The van der Waals surface area contributed by atoms with Crippen molar-refractivity contribution < 1.29 is 14.3 Å². The van der Waals surface area contributed by atoms with Crippen LogP contribution in [0.25, 0.3) is 0 Å². The van der Waals surface area contributed by atoms with Crippen LogP contribution in [-0.4, -0.2) is 37.1 Å². The maximum atomic E-state index is 12.2. The third-order valence-corrected chi connectivity index (χ3v) is 3.76. The van der Waals surface area contributed by atoms with Crippen LogP contribution in [0, 0.1) is 5.92 Å². The lowest BCUT2D eigenvalue weighted by molar-refractivity contribution is -0.121. The van der Waals surface area contributed by atoms with Crippen LogP contribution in [0.4, 0.5) is 10.5 Å². The van der Waals surface area contributed by atoms with Crippen molar-refractivity contribution >= 4 is 29.3 Å². The number of methoxy groups -OCH3 is 1. The van der Waals surface area contributed by atoms with Crippen LogP contribution in [0.1, 0.15) is 12.8 Å². The van der Waals surface area contributed by atoms with Crippen LogP contribution in [-0.2, 0) is 9.53 Å². The Labute approximate surface area is 122 Å². The van der Waals surface area contributed by atoms with Gasteiger partial charge < -0.3 is 15.0 Å². The summed E-state index contributed by atoms with van der Waals surface area (Å²) in [7, 11) is 1.36. The Morgan fingerprint density at radius 1 is 1.30 bits per heavy atom. The number of rotatable bonds is 2. The van der Waals surface area contributed by atoms with Crippen molar-refractivity contribution in [1.29, 1.82) is 0 Å². The number of benzene rings is 1. The molecule has 0 aliphatic carbocycles. The third-order valence-electron chi connectivity index (χ3n) is 3.43. The van der Waals surface area contributed by atoms with Gasteiger partial charge in [-0.3, -0.25) is 4.79 Å². The number of likely N-dealkylation sites (tertiary alicyclic amines) is 1. The first kappa shape index (κ1) is 14.7. The van der Waals surface area contributed by atoms with Crippen LogP contribution >= 0.6 is 11.6 Å². The smallest absolute Gasteiger partial charge is 0.409 e. The molecule has 1 heterocycles. The number of nitrogens with zero attached hydrogens (tertiary/aromatic N) is 1. The topological polar surface area (TPSA) is 58.6 Å². The van der Waals surface area contributed by atoms with Gasteiger partial charge in [-0.05, 0) is 25.0 Å². The molecule has 1 aliphatic rings. The molecule has 0 unspecified atom stereocenters. The van der Waals surface area contributed by atoms with E-state index in [2.05, 4.69) is 10.1 Å². The molecule has 1 N–H and O–H groups in total. The number of anilines is 1. The molecule has 2 amide bonds. The number of para-hydroxylation sites is 1. The second kappa shape index (κ2) is 6.61. The summed E-state index contributed by atoms with van der Waals surface area (Å²) in [4.78, 5) is 25.1. The highest BCUT2D eigenvalue weighted by molar-refractivity contribution is 6.33. The van der Waals surface area contributed by atoms with Crippen molar-refractivity contribution in [2.75, 3.05) is 25.5 Å². The third kappa shape index (κ3) is 3.42. The normalized spacial score (nSPS) is 15.8. The predicted octanol–water partition coefficient (Wildman–Crippen LogP) is 2.76. The summed E-state index contributed by atoms with van der Waals surface area (Å²) in [6.07, 6.45) is 0.923. The fourth-order valence-electron chi connectivity index (χ4n) is 2.25. The first-order valence-electron chi connectivity index (χ1n) is 6.50. The highest BCUT2D eigenvalue weighted by Gasteiger charge is 2.27.